The summed E-state index contributed by atoms with van der Waals surface area (Å²) >= 11 is 3.28. The number of aryl methyl sites for hydroxylation is 1. The average molecular weight is 265 g/mol. The molecule has 4 nitrogen and oxygen atoms in total. The SMILES string of the molecule is Cn1ncnc1SCc1ccc(C#CCO)s1. The lowest BCUT2D eigenvalue weighted by atomic mass is 10.4. The van der Waals surface area contributed by atoms with Gasteiger partial charge in [-0.1, -0.05) is 23.6 Å². The zero-order valence-corrected chi connectivity index (χ0v) is 10.9. The number of rotatable bonds is 3. The second kappa shape index (κ2) is 5.87. The number of aliphatic hydroxyl groups excluding tert-OH is 1. The van der Waals surface area contributed by atoms with E-state index in [4.69, 9.17) is 5.11 Å². The summed E-state index contributed by atoms with van der Waals surface area (Å²) in [7, 11) is 1.88. The summed E-state index contributed by atoms with van der Waals surface area (Å²) in [6.07, 6.45) is 1.55. The van der Waals surface area contributed by atoms with Gasteiger partial charge in [0.1, 0.15) is 12.9 Å². The molecule has 0 aromatic carbocycles. The Kier molecular flexibility index (Phi) is 4.20. The van der Waals surface area contributed by atoms with E-state index >= 15 is 0 Å². The quantitative estimate of drug-likeness (QED) is 0.675. The van der Waals surface area contributed by atoms with Crippen molar-refractivity contribution in [1.29, 1.82) is 0 Å². The van der Waals surface area contributed by atoms with Crippen molar-refractivity contribution >= 4 is 23.1 Å². The lowest BCUT2D eigenvalue weighted by Crippen LogP contribution is -1.92. The van der Waals surface area contributed by atoms with Crippen LogP contribution < -0.4 is 0 Å². The normalized spacial score (nSPS) is 10.0. The molecule has 0 aliphatic rings. The fourth-order valence-electron chi connectivity index (χ4n) is 1.20. The second-order valence-electron chi connectivity index (χ2n) is 3.18. The number of hydrogen-bond acceptors (Lipinski definition) is 5. The highest BCUT2D eigenvalue weighted by atomic mass is 32.2. The number of nitrogens with zero attached hydrogens (tertiary/aromatic N) is 3. The minimum Gasteiger partial charge on any atom is -0.384 e. The van der Waals surface area contributed by atoms with E-state index < -0.39 is 0 Å². The van der Waals surface area contributed by atoms with Crippen molar-refractivity contribution in [3.05, 3.63) is 28.2 Å². The molecule has 17 heavy (non-hydrogen) atoms. The van der Waals surface area contributed by atoms with Crippen LogP contribution in [-0.4, -0.2) is 26.5 Å². The van der Waals surface area contributed by atoms with Gasteiger partial charge in [0.2, 0.25) is 0 Å². The molecule has 2 rings (SSSR count). The molecule has 6 heteroatoms. The first kappa shape index (κ1) is 12.2. The highest BCUT2D eigenvalue weighted by Gasteiger charge is 2.03. The molecule has 2 aromatic rings. The highest BCUT2D eigenvalue weighted by molar-refractivity contribution is 7.98. The first-order chi connectivity index (χ1) is 8.29. The maximum Gasteiger partial charge on any atom is 0.186 e. The summed E-state index contributed by atoms with van der Waals surface area (Å²) in [6.45, 7) is -0.0963. The topological polar surface area (TPSA) is 50.9 Å². The smallest absolute Gasteiger partial charge is 0.186 e. The predicted molar refractivity (Wildman–Crippen MR) is 68.8 cm³/mol. The summed E-state index contributed by atoms with van der Waals surface area (Å²) in [5, 5.41) is 13.5. The summed E-state index contributed by atoms with van der Waals surface area (Å²) in [6, 6.07) is 4.02. The summed E-state index contributed by atoms with van der Waals surface area (Å²) < 4.78 is 1.75. The van der Waals surface area contributed by atoms with E-state index in [-0.39, 0.29) is 6.61 Å². The van der Waals surface area contributed by atoms with Crippen LogP contribution in [0.5, 0.6) is 0 Å². The summed E-state index contributed by atoms with van der Waals surface area (Å²) in [4.78, 5) is 6.36. The van der Waals surface area contributed by atoms with Gasteiger partial charge >= 0.3 is 0 Å². The molecule has 0 spiro atoms. The minimum absolute atomic E-state index is 0.0963. The van der Waals surface area contributed by atoms with Crippen molar-refractivity contribution in [1.82, 2.24) is 14.8 Å². The zero-order valence-electron chi connectivity index (χ0n) is 9.25. The van der Waals surface area contributed by atoms with E-state index in [1.54, 1.807) is 34.1 Å². The Labute approximate surface area is 108 Å². The molecule has 88 valence electrons. The standard InChI is InChI=1S/C11H11N3OS2/c1-14-11(12-8-13-14)16-7-10-5-4-9(17-10)3-2-6-15/h4-5,8,15H,6-7H2,1H3. The molecule has 0 saturated heterocycles. The third-order valence-electron chi connectivity index (χ3n) is 1.97. The lowest BCUT2D eigenvalue weighted by Gasteiger charge is -1.97. The Hall–Kier alpha value is -1.29. The lowest BCUT2D eigenvalue weighted by molar-refractivity contribution is 0.350. The fraction of sp³-hybridized carbons (Fsp3) is 0.273. The molecular formula is C11H11N3OS2. The molecule has 2 aromatic heterocycles. The van der Waals surface area contributed by atoms with Gasteiger partial charge in [0.25, 0.3) is 0 Å². The van der Waals surface area contributed by atoms with Gasteiger partial charge in [-0.25, -0.2) is 9.67 Å². The van der Waals surface area contributed by atoms with Gasteiger partial charge in [0.05, 0.1) is 4.88 Å². The molecule has 0 amide bonds. The van der Waals surface area contributed by atoms with E-state index in [0.29, 0.717) is 0 Å². The van der Waals surface area contributed by atoms with Gasteiger partial charge in [-0.15, -0.1) is 11.3 Å². The zero-order chi connectivity index (χ0) is 12.1. The van der Waals surface area contributed by atoms with Gasteiger partial charge in [-0.05, 0) is 12.1 Å². The number of thioether (sulfide) groups is 1. The van der Waals surface area contributed by atoms with Crippen LogP contribution in [0.3, 0.4) is 0 Å². The third-order valence-corrected chi connectivity index (χ3v) is 4.23. The molecular weight excluding hydrogens is 254 g/mol. The number of aromatic nitrogens is 3. The van der Waals surface area contributed by atoms with E-state index in [2.05, 4.69) is 28.0 Å². The Morgan fingerprint density at radius 2 is 2.41 bits per heavy atom. The molecule has 0 unspecified atom stereocenters. The van der Waals surface area contributed by atoms with Gasteiger partial charge < -0.3 is 5.11 Å². The van der Waals surface area contributed by atoms with E-state index in [0.717, 1.165) is 15.8 Å². The van der Waals surface area contributed by atoms with Crippen molar-refractivity contribution in [2.75, 3.05) is 6.61 Å². The van der Waals surface area contributed by atoms with Crippen molar-refractivity contribution in [3.8, 4) is 11.8 Å². The van der Waals surface area contributed by atoms with Gasteiger partial charge in [-0.2, -0.15) is 5.10 Å². The van der Waals surface area contributed by atoms with Crippen LogP contribution in [0.2, 0.25) is 0 Å². The predicted octanol–water partition coefficient (Wildman–Crippen LogP) is 1.51. The summed E-state index contributed by atoms with van der Waals surface area (Å²) in [5.74, 6) is 6.39. The first-order valence-electron chi connectivity index (χ1n) is 4.95. The first-order valence-corrected chi connectivity index (χ1v) is 6.75. The Morgan fingerprint density at radius 3 is 3.12 bits per heavy atom. The van der Waals surface area contributed by atoms with Crippen molar-refractivity contribution in [2.24, 2.45) is 7.05 Å². The van der Waals surface area contributed by atoms with Gasteiger partial charge in [0.15, 0.2) is 5.16 Å². The molecule has 2 heterocycles. The molecule has 0 aliphatic carbocycles. The van der Waals surface area contributed by atoms with Crippen LogP contribution >= 0.6 is 23.1 Å². The van der Waals surface area contributed by atoms with E-state index in [1.807, 2.05) is 13.1 Å². The van der Waals surface area contributed by atoms with Crippen LogP contribution in [0, 0.1) is 11.8 Å². The minimum atomic E-state index is -0.0963. The summed E-state index contributed by atoms with van der Waals surface area (Å²) in [5.41, 5.74) is 0. The van der Waals surface area contributed by atoms with Crippen LogP contribution in [0.4, 0.5) is 0 Å². The third kappa shape index (κ3) is 3.33. The maximum absolute atomic E-state index is 8.60. The van der Waals surface area contributed by atoms with Crippen LogP contribution in [0.25, 0.3) is 0 Å². The fourth-order valence-corrected chi connectivity index (χ4v) is 3.01. The second-order valence-corrected chi connectivity index (χ2v) is 5.29. The molecule has 0 saturated carbocycles. The van der Waals surface area contributed by atoms with Crippen LogP contribution in [-0.2, 0) is 12.8 Å². The number of thiophene rings is 1. The molecule has 0 atom stereocenters. The average Bonchev–Trinajstić information content (AvgIpc) is 2.93. The molecule has 0 bridgehead atoms. The van der Waals surface area contributed by atoms with E-state index in [9.17, 15) is 0 Å². The van der Waals surface area contributed by atoms with Crippen LogP contribution in [0.1, 0.15) is 9.75 Å². The number of aliphatic hydroxyl groups is 1. The van der Waals surface area contributed by atoms with Crippen LogP contribution in [0.15, 0.2) is 23.6 Å². The van der Waals surface area contributed by atoms with Crippen molar-refractivity contribution < 1.29 is 5.11 Å². The molecule has 0 radical (unpaired) electrons. The van der Waals surface area contributed by atoms with Gasteiger partial charge in [0, 0.05) is 17.7 Å². The largest absolute Gasteiger partial charge is 0.384 e. The van der Waals surface area contributed by atoms with Crippen molar-refractivity contribution in [2.45, 2.75) is 10.9 Å². The molecule has 0 aliphatic heterocycles. The van der Waals surface area contributed by atoms with Gasteiger partial charge in [-0.3, -0.25) is 0 Å². The Balaban J connectivity index is 1.96. The molecule has 1 N–H and O–H groups in total. The Bertz CT molecular complexity index is 550. The van der Waals surface area contributed by atoms with Crippen molar-refractivity contribution in [3.63, 3.8) is 0 Å². The highest BCUT2D eigenvalue weighted by Crippen LogP contribution is 2.24. The monoisotopic (exact) mass is 265 g/mol. The van der Waals surface area contributed by atoms with E-state index in [1.165, 1.54) is 4.88 Å². The Morgan fingerprint density at radius 1 is 1.53 bits per heavy atom. The number of hydrogen-bond donors (Lipinski definition) is 1. The molecule has 0 fully saturated rings. The maximum atomic E-state index is 8.60.